The topological polar surface area (TPSA) is 96.6 Å². The van der Waals surface area contributed by atoms with Crippen LogP contribution in [-0.2, 0) is 22.6 Å². The molecule has 2 aliphatic rings. The van der Waals surface area contributed by atoms with Gasteiger partial charge in [-0.25, -0.2) is 4.39 Å². The van der Waals surface area contributed by atoms with Crippen molar-refractivity contribution in [3.63, 3.8) is 0 Å². The Bertz CT molecular complexity index is 2350. The molecular formula is C37H27FN4O4S2. The number of halogens is 1. The summed E-state index contributed by atoms with van der Waals surface area (Å²) in [5.41, 5.74) is 3.66. The summed E-state index contributed by atoms with van der Waals surface area (Å²) in [5.74, 6) is -1.12. The molecule has 238 valence electrons. The number of carbonyl (C=O) groups excluding carboxylic acids is 2. The summed E-state index contributed by atoms with van der Waals surface area (Å²) in [6.45, 7) is 6.03. The van der Waals surface area contributed by atoms with Gasteiger partial charge in [-0.05, 0) is 73.4 Å². The number of rotatable bonds is 6. The summed E-state index contributed by atoms with van der Waals surface area (Å²) in [6.07, 6.45) is 0. The Balaban J connectivity index is 1.32. The highest BCUT2D eigenvalue weighted by molar-refractivity contribution is 8.00. The fraction of sp³-hybridized carbons (Fsp3) is 0.162. The molecule has 0 saturated carbocycles. The van der Waals surface area contributed by atoms with E-state index in [4.69, 9.17) is 4.42 Å². The lowest BCUT2D eigenvalue weighted by molar-refractivity contribution is -0.121. The second-order valence-corrected chi connectivity index (χ2v) is 14.3. The van der Waals surface area contributed by atoms with E-state index in [2.05, 4.69) is 10.2 Å². The number of nitrogens with zero attached hydrogens (tertiary/aromatic N) is 4. The van der Waals surface area contributed by atoms with Gasteiger partial charge in [0.2, 0.25) is 10.9 Å². The van der Waals surface area contributed by atoms with Gasteiger partial charge >= 0.3 is 0 Å². The van der Waals surface area contributed by atoms with Crippen LogP contribution in [0, 0.1) is 26.6 Å². The predicted octanol–water partition coefficient (Wildman–Crippen LogP) is 7.45. The average molecular weight is 675 g/mol. The Morgan fingerprint density at radius 2 is 1.58 bits per heavy atom. The number of hydrogen-bond donors (Lipinski definition) is 0. The van der Waals surface area contributed by atoms with Crippen molar-refractivity contribution >= 4 is 56.7 Å². The molecule has 48 heavy (non-hydrogen) atoms. The molecule has 0 N–H and O–H groups in total. The van der Waals surface area contributed by atoms with Gasteiger partial charge in [0.25, 0.3) is 11.8 Å². The number of fused-ring (bicyclic) bond motifs is 5. The van der Waals surface area contributed by atoms with Gasteiger partial charge in [-0.1, -0.05) is 83.3 Å². The summed E-state index contributed by atoms with van der Waals surface area (Å²) in [6, 6.07) is 24.8. The van der Waals surface area contributed by atoms with Crippen molar-refractivity contribution in [3.05, 3.63) is 146 Å². The molecule has 6 aromatic rings. The zero-order valence-electron chi connectivity index (χ0n) is 26.1. The Morgan fingerprint density at radius 3 is 2.35 bits per heavy atom. The number of thioether (sulfide) groups is 1. The zero-order chi connectivity index (χ0) is 33.3. The number of hydrogen-bond acceptors (Lipinski definition) is 8. The van der Waals surface area contributed by atoms with Crippen LogP contribution in [0.4, 0.5) is 15.2 Å². The van der Waals surface area contributed by atoms with E-state index in [0.717, 1.165) is 39.2 Å². The molecule has 8 rings (SSSR count). The van der Waals surface area contributed by atoms with Crippen molar-refractivity contribution < 1.29 is 18.4 Å². The van der Waals surface area contributed by atoms with Crippen molar-refractivity contribution in [2.45, 2.75) is 42.9 Å². The standard InChI is InChI=1S/C37H27FN4O4S2/c1-20-8-10-23(11-9-20)18-41-28-7-5-4-6-27(28)37(34(41)45)30-31(43)26-16-21(2)22(3)17-29(26)46-32(30)33(44)42(37)35-39-40-36(48-35)47-19-24-12-14-25(38)15-13-24/h4-17H,18-19H2,1-3H3. The first-order valence-electron chi connectivity index (χ1n) is 15.3. The van der Waals surface area contributed by atoms with Gasteiger partial charge in [0.1, 0.15) is 11.4 Å². The average Bonchev–Trinajstić information content (AvgIpc) is 3.72. The van der Waals surface area contributed by atoms with Gasteiger partial charge in [-0.2, -0.15) is 0 Å². The molecule has 2 amide bonds. The third kappa shape index (κ3) is 4.52. The molecule has 0 radical (unpaired) electrons. The quantitative estimate of drug-likeness (QED) is 0.134. The largest absolute Gasteiger partial charge is 0.450 e. The van der Waals surface area contributed by atoms with Crippen LogP contribution in [0.5, 0.6) is 0 Å². The molecule has 4 aromatic carbocycles. The molecule has 1 spiro atoms. The highest BCUT2D eigenvalue weighted by atomic mass is 32.2. The smallest absolute Gasteiger partial charge is 0.297 e. The fourth-order valence-electron chi connectivity index (χ4n) is 6.53. The molecule has 0 saturated heterocycles. The van der Waals surface area contributed by atoms with E-state index < -0.39 is 22.8 Å². The Kier molecular flexibility index (Phi) is 7.08. The number of carbonyl (C=O) groups is 2. The van der Waals surface area contributed by atoms with Gasteiger partial charge in [0.05, 0.1) is 23.2 Å². The van der Waals surface area contributed by atoms with E-state index in [1.807, 2.05) is 57.2 Å². The molecule has 0 aliphatic carbocycles. The first kappa shape index (κ1) is 30.2. The molecule has 1 unspecified atom stereocenters. The van der Waals surface area contributed by atoms with Gasteiger partial charge in [0, 0.05) is 11.3 Å². The Labute approximate surface area is 282 Å². The summed E-state index contributed by atoms with van der Waals surface area (Å²) in [5, 5.41) is 9.21. The maximum absolute atomic E-state index is 15.2. The molecular weight excluding hydrogens is 648 g/mol. The molecule has 11 heteroatoms. The minimum Gasteiger partial charge on any atom is -0.450 e. The zero-order valence-corrected chi connectivity index (χ0v) is 27.7. The minimum absolute atomic E-state index is 0.0252. The summed E-state index contributed by atoms with van der Waals surface area (Å²) >= 11 is 2.52. The van der Waals surface area contributed by atoms with Crippen molar-refractivity contribution in [2.24, 2.45) is 0 Å². The van der Waals surface area contributed by atoms with Crippen molar-refractivity contribution in [3.8, 4) is 0 Å². The van der Waals surface area contributed by atoms with Gasteiger partial charge in [-0.3, -0.25) is 19.3 Å². The first-order valence-corrected chi connectivity index (χ1v) is 17.1. The van der Waals surface area contributed by atoms with Crippen molar-refractivity contribution in [2.75, 3.05) is 9.80 Å². The molecule has 0 fully saturated rings. The summed E-state index contributed by atoms with van der Waals surface area (Å²) < 4.78 is 20.3. The molecule has 0 bridgehead atoms. The van der Waals surface area contributed by atoms with Crippen LogP contribution in [0.1, 0.15) is 49.5 Å². The van der Waals surface area contributed by atoms with E-state index in [1.165, 1.54) is 28.8 Å². The summed E-state index contributed by atoms with van der Waals surface area (Å²) in [4.78, 5) is 47.4. The molecule has 8 nitrogen and oxygen atoms in total. The molecule has 4 heterocycles. The van der Waals surface area contributed by atoms with E-state index in [-0.39, 0.29) is 34.4 Å². The second-order valence-electron chi connectivity index (χ2n) is 12.1. The van der Waals surface area contributed by atoms with Gasteiger partial charge in [0.15, 0.2) is 15.3 Å². The van der Waals surface area contributed by atoms with Crippen LogP contribution in [0.3, 0.4) is 0 Å². The number of aromatic nitrogens is 2. The lowest BCUT2D eigenvalue weighted by Gasteiger charge is -2.32. The van der Waals surface area contributed by atoms with Crippen LogP contribution in [-0.4, -0.2) is 22.0 Å². The highest BCUT2D eigenvalue weighted by Crippen LogP contribution is 2.55. The number of amides is 2. The van der Waals surface area contributed by atoms with Crippen LogP contribution in [0.25, 0.3) is 11.0 Å². The number of aryl methyl sites for hydroxylation is 3. The Morgan fingerprint density at radius 1 is 0.875 bits per heavy atom. The van der Waals surface area contributed by atoms with E-state index in [0.29, 0.717) is 26.7 Å². The van der Waals surface area contributed by atoms with Crippen molar-refractivity contribution in [1.29, 1.82) is 0 Å². The number of benzene rings is 4. The minimum atomic E-state index is -1.88. The van der Waals surface area contributed by atoms with Crippen LogP contribution >= 0.6 is 23.1 Å². The Hall–Kier alpha value is -5.13. The normalized spacial score (nSPS) is 16.8. The summed E-state index contributed by atoms with van der Waals surface area (Å²) in [7, 11) is 0. The van der Waals surface area contributed by atoms with E-state index in [9.17, 15) is 14.0 Å². The SMILES string of the molecule is Cc1ccc(CN2C(=O)C3(c4ccccc42)c2c(oc4cc(C)c(C)cc4c2=O)C(=O)N3c2nnc(SCc3ccc(F)cc3)s2)cc1. The number of anilines is 2. The third-order valence-corrected chi connectivity index (χ3v) is 11.2. The number of para-hydroxylation sites is 1. The lowest BCUT2D eigenvalue weighted by Crippen LogP contribution is -2.53. The van der Waals surface area contributed by atoms with Gasteiger partial charge in [-0.15, -0.1) is 10.2 Å². The van der Waals surface area contributed by atoms with Crippen molar-refractivity contribution in [1.82, 2.24) is 10.2 Å². The first-order chi connectivity index (χ1) is 23.2. The second kappa shape index (κ2) is 11.2. The highest BCUT2D eigenvalue weighted by Gasteiger charge is 2.66. The predicted molar refractivity (Wildman–Crippen MR) is 184 cm³/mol. The molecule has 2 aromatic heterocycles. The van der Waals surface area contributed by atoms with E-state index in [1.54, 1.807) is 41.3 Å². The maximum Gasteiger partial charge on any atom is 0.297 e. The third-order valence-electron chi connectivity index (χ3n) is 9.06. The molecule has 1 atom stereocenters. The monoisotopic (exact) mass is 674 g/mol. The van der Waals surface area contributed by atoms with Crippen LogP contribution in [0.2, 0.25) is 0 Å². The van der Waals surface area contributed by atoms with Crippen LogP contribution < -0.4 is 15.2 Å². The van der Waals surface area contributed by atoms with Crippen LogP contribution in [0.15, 0.2) is 98.5 Å². The maximum atomic E-state index is 15.2. The van der Waals surface area contributed by atoms with E-state index >= 15 is 4.79 Å². The molecule has 2 aliphatic heterocycles. The lowest BCUT2D eigenvalue weighted by atomic mass is 9.84. The fourth-order valence-corrected chi connectivity index (χ4v) is 8.38. The van der Waals surface area contributed by atoms with Gasteiger partial charge < -0.3 is 9.32 Å².